The summed E-state index contributed by atoms with van der Waals surface area (Å²) in [5.74, 6) is -0.178. The summed E-state index contributed by atoms with van der Waals surface area (Å²) in [5, 5.41) is 5.20. The topological polar surface area (TPSA) is 77.1 Å². The average molecular weight is 388 g/mol. The smallest absolute Gasteiger partial charge is 0.281 e. The molecular weight excluding hydrogens is 362 g/mol. The number of rotatable bonds is 5. The number of nitrogens with zero attached hydrogens (tertiary/aromatic N) is 1. The van der Waals surface area contributed by atoms with Crippen molar-refractivity contribution in [3.05, 3.63) is 78.4 Å². The lowest BCUT2D eigenvalue weighted by molar-refractivity contribution is -0.405. The van der Waals surface area contributed by atoms with Crippen LogP contribution >= 0.6 is 0 Å². The molecule has 148 valence electrons. The van der Waals surface area contributed by atoms with E-state index in [1.54, 1.807) is 4.90 Å². The van der Waals surface area contributed by atoms with Gasteiger partial charge in [0, 0.05) is 18.7 Å². The minimum atomic E-state index is -0.436. The molecule has 1 heterocycles. The van der Waals surface area contributed by atoms with Crippen molar-refractivity contribution >= 4 is 28.3 Å². The Kier molecular flexibility index (Phi) is 5.58. The maximum Gasteiger partial charge on any atom is 0.281 e. The summed E-state index contributed by atoms with van der Waals surface area (Å²) in [6.45, 7) is 0.607. The van der Waals surface area contributed by atoms with Crippen LogP contribution in [0.4, 0.5) is 5.69 Å². The Morgan fingerprint density at radius 3 is 2.52 bits per heavy atom. The molecule has 4 N–H and O–H groups in total. The van der Waals surface area contributed by atoms with Crippen molar-refractivity contribution in [3.8, 4) is 0 Å². The van der Waals surface area contributed by atoms with Crippen molar-refractivity contribution in [2.75, 3.05) is 11.9 Å². The third-order valence-corrected chi connectivity index (χ3v) is 5.53. The summed E-state index contributed by atoms with van der Waals surface area (Å²) in [7, 11) is 0. The van der Waals surface area contributed by atoms with Crippen molar-refractivity contribution < 1.29 is 15.3 Å². The van der Waals surface area contributed by atoms with E-state index in [9.17, 15) is 9.59 Å². The Hall–Kier alpha value is -3.18. The van der Waals surface area contributed by atoms with Gasteiger partial charge in [0.05, 0.1) is 0 Å². The third kappa shape index (κ3) is 4.30. The van der Waals surface area contributed by atoms with Gasteiger partial charge in [0.15, 0.2) is 6.04 Å². The van der Waals surface area contributed by atoms with Gasteiger partial charge >= 0.3 is 0 Å². The van der Waals surface area contributed by atoms with Crippen LogP contribution in [-0.4, -0.2) is 35.3 Å². The van der Waals surface area contributed by atoms with Gasteiger partial charge in [-0.2, -0.15) is 0 Å². The number of amides is 2. The normalized spacial score (nSPS) is 17.3. The molecule has 29 heavy (non-hydrogen) atoms. The average Bonchev–Trinajstić information content (AvgIpc) is 3.24. The molecule has 1 saturated heterocycles. The predicted octanol–water partition coefficient (Wildman–Crippen LogP) is 2.62. The highest BCUT2D eigenvalue weighted by Gasteiger charge is 2.37. The summed E-state index contributed by atoms with van der Waals surface area (Å²) in [6, 6.07) is 22.9. The fraction of sp³-hybridized carbons (Fsp3) is 0.250. The first kappa shape index (κ1) is 19.2. The molecule has 1 fully saturated rings. The van der Waals surface area contributed by atoms with Gasteiger partial charge < -0.3 is 16.0 Å². The van der Waals surface area contributed by atoms with Gasteiger partial charge in [-0.3, -0.25) is 9.59 Å². The number of nitrogens with one attached hydrogen (secondary N) is 1. The van der Waals surface area contributed by atoms with E-state index >= 15 is 0 Å². The Balaban J connectivity index is 1.43. The van der Waals surface area contributed by atoms with Crippen molar-refractivity contribution in [1.29, 1.82) is 0 Å². The molecule has 1 aliphatic heterocycles. The van der Waals surface area contributed by atoms with Crippen LogP contribution in [0.1, 0.15) is 18.4 Å². The maximum atomic E-state index is 13.0. The highest BCUT2D eigenvalue weighted by atomic mass is 16.2. The Morgan fingerprint density at radius 2 is 1.72 bits per heavy atom. The summed E-state index contributed by atoms with van der Waals surface area (Å²) < 4.78 is 0. The van der Waals surface area contributed by atoms with Gasteiger partial charge in [0.1, 0.15) is 6.04 Å². The van der Waals surface area contributed by atoms with Crippen molar-refractivity contribution in [3.63, 3.8) is 0 Å². The van der Waals surface area contributed by atoms with Crippen LogP contribution in [0.2, 0.25) is 0 Å². The first-order chi connectivity index (χ1) is 14.1. The maximum absolute atomic E-state index is 13.0. The van der Waals surface area contributed by atoms with E-state index in [-0.39, 0.29) is 11.8 Å². The molecule has 3 aromatic carbocycles. The number of carbonyl (C=O) groups excluding carboxylic acids is 2. The van der Waals surface area contributed by atoms with Crippen molar-refractivity contribution in [2.24, 2.45) is 0 Å². The van der Waals surface area contributed by atoms with E-state index in [2.05, 4.69) is 11.1 Å². The number of hydrogen-bond donors (Lipinski definition) is 2. The molecule has 0 aliphatic carbocycles. The monoisotopic (exact) mass is 388 g/mol. The van der Waals surface area contributed by atoms with Crippen molar-refractivity contribution in [2.45, 2.75) is 31.3 Å². The number of benzene rings is 3. The van der Waals surface area contributed by atoms with Gasteiger partial charge in [-0.25, -0.2) is 0 Å². The fourth-order valence-corrected chi connectivity index (χ4v) is 4.02. The highest BCUT2D eigenvalue weighted by Crippen LogP contribution is 2.23. The quantitative estimate of drug-likeness (QED) is 0.705. The Morgan fingerprint density at radius 1 is 1.00 bits per heavy atom. The first-order valence-electron chi connectivity index (χ1n) is 10.1. The molecule has 0 spiro atoms. The first-order valence-corrected chi connectivity index (χ1v) is 10.1. The highest BCUT2D eigenvalue weighted by molar-refractivity contribution is 5.99. The molecule has 0 saturated carbocycles. The Bertz CT molecular complexity index is 1020. The molecule has 2 amide bonds. The zero-order valence-corrected chi connectivity index (χ0v) is 16.4. The number of quaternary nitrogens is 1. The van der Waals surface area contributed by atoms with Gasteiger partial charge in [-0.1, -0.05) is 60.7 Å². The van der Waals surface area contributed by atoms with E-state index < -0.39 is 12.1 Å². The summed E-state index contributed by atoms with van der Waals surface area (Å²) in [5.41, 5.74) is 5.90. The minimum absolute atomic E-state index is 0.0509. The SMILES string of the molecule is [NH3+][C@@H](Cc1ccccc1)C(=O)N1CCC[C@H]1C(=O)Nc1ccc2ccccc2c1. The Labute approximate surface area is 170 Å². The molecule has 0 radical (unpaired) electrons. The van der Waals surface area contributed by atoms with E-state index in [0.717, 1.165) is 28.4 Å². The molecule has 4 rings (SSSR count). The van der Waals surface area contributed by atoms with E-state index in [0.29, 0.717) is 19.4 Å². The van der Waals surface area contributed by atoms with Crippen molar-refractivity contribution in [1.82, 2.24) is 4.90 Å². The molecule has 5 nitrogen and oxygen atoms in total. The lowest BCUT2D eigenvalue weighted by Crippen LogP contribution is -2.69. The van der Waals surface area contributed by atoms with Crippen LogP contribution in [0.5, 0.6) is 0 Å². The second-order valence-corrected chi connectivity index (χ2v) is 7.63. The van der Waals surface area contributed by atoms with Crippen LogP contribution < -0.4 is 11.1 Å². The number of anilines is 1. The largest absolute Gasteiger partial charge is 0.347 e. The molecule has 3 aromatic rings. The molecule has 0 unspecified atom stereocenters. The molecule has 1 aliphatic rings. The zero-order chi connectivity index (χ0) is 20.2. The van der Waals surface area contributed by atoms with Gasteiger partial charge in [0.2, 0.25) is 5.91 Å². The van der Waals surface area contributed by atoms with Gasteiger partial charge in [0.25, 0.3) is 5.91 Å². The summed E-state index contributed by atoms with van der Waals surface area (Å²) >= 11 is 0. The molecule has 5 heteroatoms. The van der Waals surface area contributed by atoms with E-state index in [1.807, 2.05) is 72.8 Å². The predicted molar refractivity (Wildman–Crippen MR) is 114 cm³/mol. The van der Waals surface area contributed by atoms with Crippen LogP contribution in [-0.2, 0) is 16.0 Å². The number of carbonyl (C=O) groups is 2. The lowest BCUT2D eigenvalue weighted by Gasteiger charge is -2.25. The molecular formula is C24H26N3O2+. The van der Waals surface area contributed by atoms with Crippen LogP contribution in [0.15, 0.2) is 72.8 Å². The summed E-state index contributed by atoms with van der Waals surface area (Å²) in [6.07, 6.45) is 2.10. The third-order valence-electron chi connectivity index (χ3n) is 5.53. The standard InChI is InChI=1S/C24H25N3O2/c25-21(15-17-7-2-1-3-8-17)24(29)27-14-6-11-22(27)23(28)26-20-13-12-18-9-4-5-10-19(18)16-20/h1-5,7-10,12-13,16,21-22H,6,11,14-15,25H2,(H,26,28)/p+1/t21-,22-/m0/s1. The molecule has 2 atom stereocenters. The van der Waals surface area contributed by atoms with E-state index in [1.165, 1.54) is 0 Å². The summed E-state index contributed by atoms with van der Waals surface area (Å²) in [4.78, 5) is 27.6. The minimum Gasteiger partial charge on any atom is -0.347 e. The van der Waals surface area contributed by atoms with Gasteiger partial charge in [-0.05, 0) is 41.3 Å². The second kappa shape index (κ2) is 8.45. The molecule has 0 bridgehead atoms. The number of hydrogen-bond acceptors (Lipinski definition) is 2. The van der Waals surface area contributed by atoms with E-state index in [4.69, 9.17) is 0 Å². The van der Waals surface area contributed by atoms with Crippen LogP contribution in [0.3, 0.4) is 0 Å². The fourth-order valence-electron chi connectivity index (χ4n) is 4.02. The number of likely N-dealkylation sites (tertiary alicyclic amines) is 1. The zero-order valence-electron chi connectivity index (χ0n) is 16.4. The van der Waals surface area contributed by atoms with Gasteiger partial charge in [-0.15, -0.1) is 0 Å². The molecule has 0 aromatic heterocycles. The lowest BCUT2D eigenvalue weighted by atomic mass is 10.0. The second-order valence-electron chi connectivity index (χ2n) is 7.63. The van der Waals surface area contributed by atoms with Crippen LogP contribution in [0, 0.1) is 0 Å². The number of fused-ring (bicyclic) bond motifs is 1. The van der Waals surface area contributed by atoms with Crippen LogP contribution in [0.25, 0.3) is 10.8 Å².